The lowest BCUT2D eigenvalue weighted by Gasteiger charge is -2.25. The van der Waals surface area contributed by atoms with Gasteiger partial charge in [-0.3, -0.25) is 9.59 Å². The highest BCUT2D eigenvalue weighted by Gasteiger charge is 2.46. The van der Waals surface area contributed by atoms with Crippen molar-refractivity contribution >= 4 is 17.4 Å². The van der Waals surface area contributed by atoms with Gasteiger partial charge in [-0.15, -0.1) is 0 Å². The number of hydrogen-bond acceptors (Lipinski definition) is 5. The van der Waals surface area contributed by atoms with Crippen molar-refractivity contribution in [3.8, 4) is 11.5 Å². The number of ketones is 1. The lowest BCUT2D eigenvalue weighted by Crippen LogP contribution is -2.30. The number of unbranched alkanes of at least 4 members (excludes halogenated alkanes) is 2. The van der Waals surface area contributed by atoms with Gasteiger partial charge in [0.1, 0.15) is 23.1 Å². The number of hydrogen-bond donors (Lipinski definition) is 1. The molecule has 1 saturated heterocycles. The molecule has 1 fully saturated rings. The van der Waals surface area contributed by atoms with E-state index >= 15 is 0 Å². The number of benzene rings is 2. The van der Waals surface area contributed by atoms with Crippen LogP contribution in [0.2, 0.25) is 0 Å². The van der Waals surface area contributed by atoms with Gasteiger partial charge in [0.05, 0.1) is 31.4 Å². The van der Waals surface area contributed by atoms with E-state index in [-0.39, 0.29) is 16.9 Å². The van der Waals surface area contributed by atoms with Gasteiger partial charge in [-0.25, -0.2) is 4.39 Å². The van der Waals surface area contributed by atoms with Gasteiger partial charge < -0.3 is 19.5 Å². The number of carbonyl (C=O) groups is 2. The molecule has 2 aromatic rings. The molecular weight excluding hydrogens is 401 g/mol. The number of likely N-dealkylation sites (tertiary alicyclic amines) is 1. The van der Waals surface area contributed by atoms with Gasteiger partial charge in [-0.1, -0.05) is 31.9 Å². The maximum absolute atomic E-state index is 13.9. The van der Waals surface area contributed by atoms with Crippen LogP contribution in [0, 0.1) is 5.82 Å². The fourth-order valence-corrected chi connectivity index (χ4v) is 3.79. The molecule has 1 aliphatic heterocycles. The predicted octanol–water partition coefficient (Wildman–Crippen LogP) is 4.45. The normalized spacial score (nSPS) is 17.8. The zero-order chi connectivity index (χ0) is 22.5. The third-order valence-corrected chi connectivity index (χ3v) is 5.39. The van der Waals surface area contributed by atoms with Crippen molar-refractivity contribution in [2.75, 3.05) is 20.8 Å². The second-order valence-electron chi connectivity index (χ2n) is 7.32. The smallest absolute Gasteiger partial charge is 0.295 e. The van der Waals surface area contributed by atoms with Crippen LogP contribution in [0.1, 0.15) is 43.4 Å². The van der Waals surface area contributed by atoms with Gasteiger partial charge in [-0.2, -0.15) is 0 Å². The largest absolute Gasteiger partial charge is 0.507 e. The number of rotatable bonds is 8. The van der Waals surface area contributed by atoms with Gasteiger partial charge in [0, 0.05) is 6.54 Å². The lowest BCUT2D eigenvalue weighted by molar-refractivity contribution is -0.139. The van der Waals surface area contributed by atoms with Gasteiger partial charge >= 0.3 is 0 Å². The Bertz CT molecular complexity index is 1000. The van der Waals surface area contributed by atoms with E-state index in [1.54, 1.807) is 31.4 Å². The zero-order valence-electron chi connectivity index (χ0n) is 17.9. The second kappa shape index (κ2) is 9.64. The molecule has 0 saturated carbocycles. The molecule has 2 aromatic carbocycles. The fraction of sp³-hybridized carbons (Fsp3) is 0.333. The van der Waals surface area contributed by atoms with E-state index in [0.29, 0.717) is 17.9 Å². The van der Waals surface area contributed by atoms with Crippen molar-refractivity contribution in [3.63, 3.8) is 0 Å². The average molecular weight is 427 g/mol. The first-order chi connectivity index (χ1) is 14.9. The van der Waals surface area contributed by atoms with Crippen molar-refractivity contribution < 1.29 is 28.6 Å². The number of halogens is 1. The SMILES string of the molecule is CCCCCN1C(=O)C(=O)/C(=C(/O)c2cc(F)ccc2OC)C1c1ccc(OC)cc1. The van der Waals surface area contributed by atoms with Crippen molar-refractivity contribution in [3.05, 3.63) is 65.0 Å². The standard InChI is InChI=1S/C24H26FNO5/c1-4-5-6-13-26-21(15-7-10-17(30-2)11-8-15)20(23(28)24(26)29)22(27)18-14-16(25)9-12-19(18)31-3/h7-12,14,21,27H,4-6,13H2,1-3H3/b22-20+. The van der Waals surface area contributed by atoms with E-state index in [1.165, 1.54) is 24.1 Å². The monoisotopic (exact) mass is 427 g/mol. The predicted molar refractivity (Wildman–Crippen MR) is 114 cm³/mol. The Balaban J connectivity index is 2.17. The number of aliphatic hydroxyl groups is 1. The minimum Gasteiger partial charge on any atom is -0.507 e. The molecule has 0 radical (unpaired) electrons. The van der Waals surface area contributed by atoms with Gasteiger partial charge in [-0.05, 0) is 42.3 Å². The lowest BCUT2D eigenvalue weighted by atomic mass is 9.94. The zero-order valence-corrected chi connectivity index (χ0v) is 17.9. The van der Waals surface area contributed by atoms with Crippen LogP contribution in [0.25, 0.3) is 5.76 Å². The quantitative estimate of drug-likeness (QED) is 0.291. The molecule has 0 aromatic heterocycles. The van der Waals surface area contributed by atoms with Crippen LogP contribution >= 0.6 is 0 Å². The number of ether oxygens (including phenoxy) is 2. The molecule has 164 valence electrons. The molecule has 1 N–H and O–H groups in total. The van der Waals surface area contributed by atoms with E-state index in [4.69, 9.17) is 9.47 Å². The average Bonchev–Trinajstić information content (AvgIpc) is 3.03. The summed E-state index contributed by atoms with van der Waals surface area (Å²) in [7, 11) is 2.93. The molecule has 1 unspecified atom stereocenters. The second-order valence-corrected chi connectivity index (χ2v) is 7.32. The fourth-order valence-electron chi connectivity index (χ4n) is 3.79. The van der Waals surface area contributed by atoms with Gasteiger partial charge in [0.2, 0.25) is 0 Å². The van der Waals surface area contributed by atoms with Crippen molar-refractivity contribution in [1.82, 2.24) is 4.90 Å². The number of amides is 1. The summed E-state index contributed by atoms with van der Waals surface area (Å²) >= 11 is 0. The summed E-state index contributed by atoms with van der Waals surface area (Å²) in [6.07, 6.45) is 2.58. The van der Waals surface area contributed by atoms with E-state index < -0.39 is 29.3 Å². The molecule has 1 aliphatic rings. The molecule has 1 heterocycles. The molecular formula is C24H26FNO5. The van der Waals surface area contributed by atoms with Crippen LogP contribution in [0.3, 0.4) is 0 Å². The highest BCUT2D eigenvalue weighted by molar-refractivity contribution is 6.46. The Morgan fingerprint density at radius 3 is 2.39 bits per heavy atom. The van der Waals surface area contributed by atoms with Crippen LogP contribution in [-0.4, -0.2) is 42.5 Å². The Labute approximate surface area is 180 Å². The molecule has 0 aliphatic carbocycles. The molecule has 31 heavy (non-hydrogen) atoms. The molecule has 6 nitrogen and oxygen atoms in total. The molecule has 0 bridgehead atoms. The number of Topliss-reactive ketones (excluding diaryl/α,β-unsaturated/α-hetero) is 1. The summed E-state index contributed by atoms with van der Waals surface area (Å²) < 4.78 is 24.4. The van der Waals surface area contributed by atoms with Crippen LogP contribution in [0.4, 0.5) is 4.39 Å². The Hall–Kier alpha value is -3.35. The van der Waals surface area contributed by atoms with Crippen LogP contribution in [-0.2, 0) is 9.59 Å². The Morgan fingerprint density at radius 1 is 1.06 bits per heavy atom. The summed E-state index contributed by atoms with van der Waals surface area (Å²) in [4.78, 5) is 27.3. The number of nitrogens with zero attached hydrogens (tertiary/aromatic N) is 1. The van der Waals surface area contributed by atoms with E-state index in [1.807, 2.05) is 6.92 Å². The maximum atomic E-state index is 13.9. The molecule has 0 spiro atoms. The van der Waals surface area contributed by atoms with Crippen LogP contribution in [0.5, 0.6) is 11.5 Å². The first-order valence-corrected chi connectivity index (χ1v) is 10.2. The van der Waals surface area contributed by atoms with Crippen molar-refractivity contribution in [2.24, 2.45) is 0 Å². The third kappa shape index (κ3) is 4.40. The number of aliphatic hydroxyl groups excluding tert-OH is 1. The van der Waals surface area contributed by atoms with Crippen LogP contribution in [0.15, 0.2) is 48.0 Å². The van der Waals surface area contributed by atoms with Gasteiger partial charge in [0.15, 0.2) is 0 Å². The summed E-state index contributed by atoms with van der Waals surface area (Å²) in [5.74, 6) is -1.73. The third-order valence-electron chi connectivity index (χ3n) is 5.39. The van der Waals surface area contributed by atoms with Crippen molar-refractivity contribution in [1.29, 1.82) is 0 Å². The number of methoxy groups -OCH3 is 2. The van der Waals surface area contributed by atoms with Gasteiger partial charge in [0.25, 0.3) is 11.7 Å². The van der Waals surface area contributed by atoms with Crippen LogP contribution < -0.4 is 9.47 Å². The highest BCUT2D eigenvalue weighted by Crippen LogP contribution is 2.41. The minimum absolute atomic E-state index is 0.0209. The van der Waals surface area contributed by atoms with E-state index in [2.05, 4.69) is 0 Å². The van der Waals surface area contributed by atoms with Crippen molar-refractivity contribution in [2.45, 2.75) is 32.2 Å². The van der Waals surface area contributed by atoms with E-state index in [0.717, 1.165) is 25.3 Å². The Morgan fingerprint density at radius 2 is 1.77 bits per heavy atom. The first kappa shape index (κ1) is 22.3. The van der Waals surface area contributed by atoms with E-state index in [9.17, 15) is 19.1 Å². The summed E-state index contributed by atoms with van der Waals surface area (Å²) in [5.41, 5.74) is 0.580. The maximum Gasteiger partial charge on any atom is 0.295 e. The molecule has 3 rings (SSSR count). The Kier molecular flexibility index (Phi) is 6.95. The molecule has 1 atom stereocenters. The number of carbonyl (C=O) groups excluding carboxylic acids is 2. The summed E-state index contributed by atoms with van der Waals surface area (Å²) in [6.45, 7) is 2.41. The minimum atomic E-state index is -0.805. The summed E-state index contributed by atoms with van der Waals surface area (Å²) in [6, 6.07) is 9.80. The highest BCUT2D eigenvalue weighted by atomic mass is 19.1. The first-order valence-electron chi connectivity index (χ1n) is 10.2. The molecule has 7 heteroatoms. The summed E-state index contributed by atoms with van der Waals surface area (Å²) in [5, 5.41) is 11.1. The topological polar surface area (TPSA) is 76.1 Å². The molecule has 1 amide bonds.